The Morgan fingerprint density at radius 2 is 2.00 bits per heavy atom. The number of fused-ring (bicyclic) bond motifs is 1. The molecule has 2 aromatic heterocycles. The molecule has 174 valence electrons. The molecule has 33 heavy (non-hydrogen) atoms. The first-order valence-electron chi connectivity index (χ1n) is 10.4. The lowest BCUT2D eigenvalue weighted by molar-refractivity contribution is 0.108. The van der Waals surface area contributed by atoms with E-state index in [9.17, 15) is 22.3 Å². The number of piperidine rings is 1. The van der Waals surface area contributed by atoms with E-state index in [0.717, 1.165) is 36.3 Å². The normalized spacial score (nSPS) is 19.0. The van der Waals surface area contributed by atoms with Crippen LogP contribution in [0.2, 0.25) is 0 Å². The van der Waals surface area contributed by atoms with Crippen molar-refractivity contribution in [2.45, 2.75) is 37.0 Å². The third-order valence-electron chi connectivity index (χ3n) is 5.55. The minimum absolute atomic E-state index is 0.0637. The highest BCUT2D eigenvalue weighted by Crippen LogP contribution is 2.32. The summed E-state index contributed by atoms with van der Waals surface area (Å²) in [4.78, 5) is 3.69. The van der Waals surface area contributed by atoms with Gasteiger partial charge in [-0.2, -0.15) is 9.57 Å². The van der Waals surface area contributed by atoms with Gasteiger partial charge in [0.05, 0.1) is 28.8 Å². The van der Waals surface area contributed by atoms with E-state index in [4.69, 9.17) is 11.0 Å². The molecule has 0 bridgehead atoms. The number of nitrogens with two attached hydrogens (primary N) is 1. The van der Waals surface area contributed by atoms with E-state index in [2.05, 4.69) is 10.1 Å². The summed E-state index contributed by atoms with van der Waals surface area (Å²) in [6.45, 7) is 0.898. The Morgan fingerprint density at radius 3 is 2.67 bits per heavy atom. The molecule has 0 amide bonds. The molecule has 0 radical (unpaired) electrons. The van der Waals surface area contributed by atoms with Crippen LogP contribution in [0.3, 0.4) is 0 Å². The number of nitrogen functional groups attached to an aromatic ring is 1. The maximum Gasteiger partial charge on any atom is 0.238 e. The predicted octanol–water partition coefficient (Wildman–Crippen LogP) is 2.06. The molecule has 1 unspecified atom stereocenters. The number of hydrogen-bond donors (Lipinski definition) is 2. The monoisotopic (exact) mass is 476 g/mol. The van der Waals surface area contributed by atoms with E-state index in [1.165, 1.54) is 28.7 Å². The highest BCUT2D eigenvalue weighted by Gasteiger charge is 2.41. The van der Waals surface area contributed by atoms with Crippen molar-refractivity contribution >= 4 is 21.5 Å². The molecule has 1 saturated heterocycles. The zero-order chi connectivity index (χ0) is 23.8. The van der Waals surface area contributed by atoms with Crippen molar-refractivity contribution in [2.24, 2.45) is 0 Å². The summed E-state index contributed by atoms with van der Waals surface area (Å²) in [7, 11) is -3.05. The lowest BCUT2D eigenvalue weighted by Gasteiger charge is -2.29. The van der Waals surface area contributed by atoms with Crippen LogP contribution in [-0.2, 0) is 10.0 Å². The second kappa shape index (κ2) is 9.01. The van der Waals surface area contributed by atoms with Gasteiger partial charge < -0.3 is 10.8 Å². The Balaban J connectivity index is 0.000000172. The number of sulfonamides is 1. The molecule has 1 aliphatic carbocycles. The van der Waals surface area contributed by atoms with Crippen LogP contribution in [0.25, 0.3) is 16.8 Å². The number of nitriles is 1. The molecule has 3 N–H and O–H groups in total. The first-order chi connectivity index (χ1) is 15.7. The lowest BCUT2D eigenvalue weighted by atomic mass is 10.1. The molecule has 2 aliphatic rings. The SMILES string of the molecule is N#Cc1cccc(-c2cc(F)c3cnc(N)nn23)c1F.O=S(=O)(C1CC1)N1CCCC(O)C1. The lowest BCUT2D eigenvalue weighted by Crippen LogP contribution is -2.43. The van der Waals surface area contributed by atoms with E-state index in [1.807, 2.05) is 0 Å². The summed E-state index contributed by atoms with van der Waals surface area (Å²) in [5.41, 5.74) is 5.66. The van der Waals surface area contributed by atoms with Crippen molar-refractivity contribution in [3.8, 4) is 17.3 Å². The molecule has 1 saturated carbocycles. The van der Waals surface area contributed by atoms with Crippen LogP contribution in [0, 0.1) is 23.0 Å². The van der Waals surface area contributed by atoms with Crippen molar-refractivity contribution in [3.63, 3.8) is 0 Å². The van der Waals surface area contributed by atoms with Crippen molar-refractivity contribution in [2.75, 3.05) is 18.8 Å². The van der Waals surface area contributed by atoms with Gasteiger partial charge in [0.1, 0.15) is 17.4 Å². The quantitative estimate of drug-likeness (QED) is 0.590. The minimum Gasteiger partial charge on any atom is -0.392 e. The van der Waals surface area contributed by atoms with Crippen molar-refractivity contribution < 1.29 is 22.3 Å². The van der Waals surface area contributed by atoms with Gasteiger partial charge >= 0.3 is 0 Å². The number of nitrogens with zero attached hydrogens (tertiary/aromatic N) is 5. The maximum absolute atomic E-state index is 14.2. The average Bonchev–Trinajstić information content (AvgIpc) is 3.60. The summed E-state index contributed by atoms with van der Waals surface area (Å²) >= 11 is 0. The fourth-order valence-electron chi connectivity index (χ4n) is 3.70. The van der Waals surface area contributed by atoms with Crippen LogP contribution < -0.4 is 5.73 Å². The van der Waals surface area contributed by atoms with Crippen LogP contribution in [0.4, 0.5) is 14.7 Å². The Labute approximate surface area is 189 Å². The number of aliphatic hydroxyl groups is 1. The van der Waals surface area contributed by atoms with Crippen LogP contribution in [0.5, 0.6) is 0 Å². The van der Waals surface area contributed by atoms with Gasteiger partial charge in [0.2, 0.25) is 16.0 Å². The Morgan fingerprint density at radius 1 is 1.24 bits per heavy atom. The topological polar surface area (TPSA) is 138 Å². The second-order valence-corrected chi connectivity index (χ2v) is 10.2. The van der Waals surface area contributed by atoms with Gasteiger partial charge in [-0.15, -0.1) is 5.10 Å². The van der Waals surface area contributed by atoms with Gasteiger partial charge in [-0.25, -0.2) is 26.7 Å². The summed E-state index contributed by atoms with van der Waals surface area (Å²) in [6.07, 6.45) is 3.88. The smallest absolute Gasteiger partial charge is 0.238 e. The average molecular weight is 477 g/mol. The van der Waals surface area contributed by atoms with Gasteiger partial charge in [0.15, 0.2) is 5.82 Å². The van der Waals surface area contributed by atoms with Crippen LogP contribution in [0.15, 0.2) is 30.5 Å². The summed E-state index contributed by atoms with van der Waals surface area (Å²) in [5.74, 6) is -1.39. The van der Waals surface area contributed by atoms with E-state index in [1.54, 1.807) is 6.07 Å². The number of β-amino-alcohol motifs (C(OH)–C–C–N with tert-alkyl or cyclic N) is 1. The largest absolute Gasteiger partial charge is 0.392 e. The number of anilines is 1. The molecule has 9 nitrogen and oxygen atoms in total. The molecule has 0 spiro atoms. The van der Waals surface area contributed by atoms with E-state index in [0.29, 0.717) is 13.1 Å². The molecule has 1 aliphatic heterocycles. The fraction of sp³-hybridized carbons (Fsp3) is 0.381. The maximum atomic E-state index is 14.2. The zero-order valence-electron chi connectivity index (χ0n) is 17.5. The molecular weight excluding hydrogens is 454 g/mol. The van der Waals surface area contributed by atoms with Gasteiger partial charge in [0, 0.05) is 24.7 Å². The Bertz CT molecular complexity index is 1330. The summed E-state index contributed by atoms with van der Waals surface area (Å²) < 4.78 is 54.0. The number of benzene rings is 1. The molecule has 12 heteroatoms. The molecule has 3 aromatic rings. The van der Waals surface area contributed by atoms with Gasteiger partial charge in [-0.1, -0.05) is 6.07 Å². The predicted molar refractivity (Wildman–Crippen MR) is 116 cm³/mol. The third kappa shape index (κ3) is 4.66. The van der Waals surface area contributed by atoms with Crippen LogP contribution in [-0.4, -0.2) is 56.9 Å². The molecular formula is C21H22F2N6O3S. The molecule has 5 rings (SSSR count). The summed E-state index contributed by atoms with van der Waals surface area (Å²) in [6, 6.07) is 7.16. The standard InChI is InChI=1S/C13H7F2N5.C8H15NO3S/c14-9-4-10(20-11(9)6-18-13(17)19-20)8-3-1-2-7(5-16)12(8)15;10-7-2-1-5-9(6-7)13(11,12)8-3-4-8/h1-4,6H,(H2,17,19);7-8,10H,1-6H2. The van der Waals surface area contributed by atoms with Crippen LogP contribution in [0.1, 0.15) is 31.2 Å². The molecule has 2 fully saturated rings. The Kier molecular flexibility index (Phi) is 6.29. The van der Waals surface area contributed by atoms with Gasteiger partial charge in [-0.05, 0) is 37.8 Å². The van der Waals surface area contributed by atoms with Crippen molar-refractivity contribution in [1.29, 1.82) is 5.26 Å². The number of aromatic nitrogens is 3. The third-order valence-corrected chi connectivity index (χ3v) is 7.91. The van der Waals surface area contributed by atoms with E-state index in [-0.39, 0.29) is 33.5 Å². The number of halogens is 2. The minimum atomic E-state index is -3.05. The highest BCUT2D eigenvalue weighted by molar-refractivity contribution is 7.90. The molecule has 3 heterocycles. The highest BCUT2D eigenvalue weighted by atomic mass is 32.2. The number of rotatable bonds is 3. The first kappa shape index (κ1) is 23.0. The zero-order valence-corrected chi connectivity index (χ0v) is 18.3. The first-order valence-corrected chi connectivity index (χ1v) is 11.9. The second-order valence-electron chi connectivity index (χ2n) is 7.97. The van der Waals surface area contributed by atoms with Crippen molar-refractivity contribution in [3.05, 3.63) is 47.7 Å². The van der Waals surface area contributed by atoms with E-state index < -0.39 is 27.8 Å². The van der Waals surface area contributed by atoms with E-state index >= 15 is 0 Å². The van der Waals surface area contributed by atoms with Crippen molar-refractivity contribution in [1.82, 2.24) is 18.9 Å². The number of aliphatic hydroxyl groups excluding tert-OH is 1. The summed E-state index contributed by atoms with van der Waals surface area (Å²) in [5, 5.41) is 21.9. The Hall–Kier alpha value is -3.14. The van der Waals surface area contributed by atoms with Crippen LogP contribution >= 0.6 is 0 Å². The fourth-order valence-corrected chi connectivity index (χ4v) is 5.62. The number of hydrogen-bond acceptors (Lipinski definition) is 7. The molecule has 1 aromatic carbocycles. The van der Waals surface area contributed by atoms with Gasteiger partial charge in [0.25, 0.3) is 0 Å². The van der Waals surface area contributed by atoms with Gasteiger partial charge in [-0.3, -0.25) is 0 Å². The molecule has 1 atom stereocenters.